The average Bonchev–Trinajstić information content (AvgIpc) is 2.63. The lowest BCUT2D eigenvalue weighted by atomic mass is 10.2. The average molecular weight is 368 g/mol. The summed E-state index contributed by atoms with van der Waals surface area (Å²) in [4.78, 5) is 35.0. The van der Waals surface area contributed by atoms with Gasteiger partial charge in [-0.15, -0.1) is 0 Å². The van der Waals surface area contributed by atoms with Crippen molar-refractivity contribution in [2.45, 2.75) is 13.8 Å². The maximum Gasteiger partial charge on any atom is 0.344 e. The summed E-state index contributed by atoms with van der Waals surface area (Å²) in [6, 6.07) is 4.35. The molecule has 1 aromatic rings. The van der Waals surface area contributed by atoms with Gasteiger partial charge < -0.3 is 30.0 Å². The van der Waals surface area contributed by atoms with E-state index in [-0.39, 0.29) is 50.0 Å². The van der Waals surface area contributed by atoms with Crippen molar-refractivity contribution in [1.82, 2.24) is 5.32 Å². The number of benzene rings is 1. The molecule has 0 aromatic heterocycles. The van der Waals surface area contributed by atoms with Gasteiger partial charge in [-0.05, 0) is 26.0 Å². The van der Waals surface area contributed by atoms with Gasteiger partial charge >= 0.3 is 11.9 Å². The molecule has 0 spiro atoms. The molecule has 9 nitrogen and oxygen atoms in total. The maximum atomic E-state index is 12.1. The van der Waals surface area contributed by atoms with Crippen LogP contribution < -0.4 is 20.5 Å². The Balaban J connectivity index is 2.88. The molecule has 0 bridgehead atoms. The summed E-state index contributed by atoms with van der Waals surface area (Å²) in [6.45, 7) is 3.78. The van der Waals surface area contributed by atoms with Gasteiger partial charge in [0.15, 0.2) is 13.2 Å². The second-order valence-corrected chi connectivity index (χ2v) is 4.93. The van der Waals surface area contributed by atoms with Crippen molar-refractivity contribution in [1.29, 1.82) is 0 Å². The minimum absolute atomic E-state index is 0.220. The van der Waals surface area contributed by atoms with Crippen LogP contribution in [-0.2, 0) is 19.1 Å². The second-order valence-electron chi connectivity index (χ2n) is 4.93. The van der Waals surface area contributed by atoms with Crippen LogP contribution in [0.5, 0.6) is 11.5 Å². The SMILES string of the molecule is CCOC(=O)COc1cc(OCC(=O)OCC)cc(C(=O)NCCN)c1. The topological polar surface area (TPSA) is 126 Å². The van der Waals surface area contributed by atoms with Crippen molar-refractivity contribution in [2.75, 3.05) is 39.5 Å². The first-order chi connectivity index (χ1) is 12.5. The lowest BCUT2D eigenvalue weighted by Gasteiger charge is -2.12. The van der Waals surface area contributed by atoms with Gasteiger partial charge in [-0.3, -0.25) is 4.79 Å². The van der Waals surface area contributed by atoms with Gasteiger partial charge in [0.1, 0.15) is 11.5 Å². The molecule has 0 saturated heterocycles. The third-order valence-corrected chi connectivity index (χ3v) is 2.90. The number of nitrogens with two attached hydrogens (primary N) is 1. The van der Waals surface area contributed by atoms with Crippen LogP contribution in [-0.4, -0.2) is 57.4 Å². The molecule has 0 saturated carbocycles. The van der Waals surface area contributed by atoms with Crippen molar-refractivity contribution < 1.29 is 33.3 Å². The number of hydrogen-bond donors (Lipinski definition) is 2. The van der Waals surface area contributed by atoms with E-state index in [1.165, 1.54) is 18.2 Å². The van der Waals surface area contributed by atoms with Gasteiger partial charge in [-0.1, -0.05) is 0 Å². The van der Waals surface area contributed by atoms with Crippen molar-refractivity contribution in [3.63, 3.8) is 0 Å². The molecular formula is C17H24N2O7. The maximum absolute atomic E-state index is 12.1. The Kier molecular flexibility index (Phi) is 9.55. The van der Waals surface area contributed by atoms with Gasteiger partial charge in [0.2, 0.25) is 0 Å². The normalized spacial score (nSPS) is 9.96. The number of nitrogens with one attached hydrogen (secondary N) is 1. The van der Waals surface area contributed by atoms with Crippen LogP contribution >= 0.6 is 0 Å². The minimum atomic E-state index is -0.542. The lowest BCUT2D eigenvalue weighted by Crippen LogP contribution is -2.29. The molecule has 0 radical (unpaired) electrons. The van der Waals surface area contributed by atoms with E-state index in [1.807, 2.05) is 0 Å². The zero-order chi connectivity index (χ0) is 19.4. The molecular weight excluding hydrogens is 344 g/mol. The number of carbonyl (C=O) groups is 3. The third-order valence-electron chi connectivity index (χ3n) is 2.90. The van der Waals surface area contributed by atoms with Crippen LogP contribution in [0.25, 0.3) is 0 Å². The quantitative estimate of drug-likeness (QED) is 0.533. The summed E-state index contributed by atoms with van der Waals surface area (Å²) < 4.78 is 20.2. The highest BCUT2D eigenvalue weighted by atomic mass is 16.6. The summed E-state index contributed by atoms with van der Waals surface area (Å²) in [5.41, 5.74) is 5.60. The van der Waals surface area contributed by atoms with E-state index >= 15 is 0 Å². The molecule has 1 rings (SSSR count). The molecule has 26 heavy (non-hydrogen) atoms. The predicted octanol–water partition coefficient (Wildman–Crippen LogP) is 0.259. The summed E-state index contributed by atoms with van der Waals surface area (Å²) >= 11 is 0. The molecule has 0 atom stereocenters. The zero-order valence-corrected chi connectivity index (χ0v) is 14.9. The van der Waals surface area contributed by atoms with Crippen molar-refractivity contribution in [2.24, 2.45) is 5.73 Å². The number of rotatable bonds is 11. The number of amides is 1. The van der Waals surface area contributed by atoms with Crippen LogP contribution in [0.3, 0.4) is 0 Å². The second kappa shape index (κ2) is 11.7. The Labute approximate surface area is 151 Å². The molecule has 144 valence electrons. The number of ether oxygens (including phenoxy) is 4. The van der Waals surface area contributed by atoms with Crippen LogP contribution in [0.4, 0.5) is 0 Å². The zero-order valence-electron chi connectivity index (χ0n) is 14.9. The first kappa shape index (κ1) is 21.2. The summed E-state index contributed by atoms with van der Waals surface area (Å²) in [5, 5.41) is 2.62. The van der Waals surface area contributed by atoms with Gasteiger partial charge in [-0.25, -0.2) is 9.59 Å². The van der Waals surface area contributed by atoms with Crippen molar-refractivity contribution in [3.8, 4) is 11.5 Å². The molecule has 0 aliphatic rings. The van der Waals surface area contributed by atoms with Crippen molar-refractivity contribution >= 4 is 17.8 Å². The summed E-state index contributed by atoms with van der Waals surface area (Å²) in [5.74, 6) is -1.04. The molecule has 0 unspecified atom stereocenters. The largest absolute Gasteiger partial charge is 0.482 e. The van der Waals surface area contributed by atoms with E-state index < -0.39 is 17.8 Å². The van der Waals surface area contributed by atoms with E-state index in [1.54, 1.807) is 13.8 Å². The molecule has 3 N–H and O–H groups in total. The number of carbonyl (C=O) groups excluding carboxylic acids is 3. The van der Waals surface area contributed by atoms with Crippen LogP contribution in [0.1, 0.15) is 24.2 Å². The standard InChI is InChI=1S/C17H24N2O7/c1-3-23-15(20)10-25-13-7-12(17(22)19-6-5-18)8-14(9-13)26-11-16(21)24-4-2/h7-9H,3-6,10-11,18H2,1-2H3,(H,19,22). The highest BCUT2D eigenvalue weighted by Crippen LogP contribution is 2.23. The summed E-state index contributed by atoms with van der Waals surface area (Å²) in [7, 11) is 0. The molecule has 0 aliphatic carbocycles. The number of hydrogen-bond acceptors (Lipinski definition) is 8. The number of esters is 2. The van der Waals surface area contributed by atoms with Crippen LogP contribution in [0.15, 0.2) is 18.2 Å². The van der Waals surface area contributed by atoms with E-state index in [0.717, 1.165) is 0 Å². The van der Waals surface area contributed by atoms with Crippen LogP contribution in [0, 0.1) is 0 Å². The fourth-order valence-electron chi connectivity index (χ4n) is 1.85. The molecule has 1 aromatic carbocycles. The Morgan fingerprint density at radius 2 is 1.42 bits per heavy atom. The first-order valence-electron chi connectivity index (χ1n) is 8.20. The fraction of sp³-hybridized carbons (Fsp3) is 0.471. The molecule has 1 amide bonds. The Morgan fingerprint density at radius 3 is 1.85 bits per heavy atom. The van der Waals surface area contributed by atoms with Crippen molar-refractivity contribution in [3.05, 3.63) is 23.8 Å². The monoisotopic (exact) mass is 368 g/mol. The molecule has 9 heteroatoms. The van der Waals surface area contributed by atoms with Gasteiger partial charge in [-0.2, -0.15) is 0 Å². The molecule has 0 heterocycles. The third kappa shape index (κ3) is 7.84. The van der Waals surface area contributed by atoms with Gasteiger partial charge in [0.05, 0.1) is 13.2 Å². The smallest absolute Gasteiger partial charge is 0.344 e. The van der Waals surface area contributed by atoms with E-state index in [4.69, 9.17) is 24.7 Å². The van der Waals surface area contributed by atoms with E-state index in [2.05, 4.69) is 5.32 Å². The minimum Gasteiger partial charge on any atom is -0.482 e. The summed E-state index contributed by atoms with van der Waals surface area (Å²) in [6.07, 6.45) is 0. The Hall–Kier alpha value is -2.81. The Morgan fingerprint density at radius 1 is 0.923 bits per heavy atom. The Bertz CT molecular complexity index is 579. The van der Waals surface area contributed by atoms with E-state index in [9.17, 15) is 14.4 Å². The molecule has 0 aliphatic heterocycles. The fourth-order valence-corrected chi connectivity index (χ4v) is 1.85. The van der Waals surface area contributed by atoms with Gasteiger partial charge in [0, 0.05) is 24.7 Å². The molecule has 0 fully saturated rings. The lowest BCUT2D eigenvalue weighted by molar-refractivity contribution is -0.146. The first-order valence-corrected chi connectivity index (χ1v) is 8.20. The van der Waals surface area contributed by atoms with Crippen LogP contribution in [0.2, 0.25) is 0 Å². The van der Waals surface area contributed by atoms with E-state index in [0.29, 0.717) is 6.54 Å². The predicted molar refractivity (Wildman–Crippen MR) is 92.1 cm³/mol. The highest BCUT2D eigenvalue weighted by molar-refractivity contribution is 5.95. The highest BCUT2D eigenvalue weighted by Gasteiger charge is 2.13. The van der Waals surface area contributed by atoms with Gasteiger partial charge in [0.25, 0.3) is 5.91 Å².